The smallest absolute Gasteiger partial charge is 0.407 e. The Morgan fingerprint density at radius 2 is 1.94 bits per heavy atom. The van der Waals surface area contributed by atoms with Crippen LogP contribution < -0.4 is 10.6 Å². The third-order valence-electron chi connectivity index (χ3n) is 2.22. The Bertz CT molecular complexity index is 212. The van der Waals surface area contributed by atoms with Crippen LogP contribution in [0.4, 0.5) is 4.79 Å². The van der Waals surface area contributed by atoms with Gasteiger partial charge in [0.05, 0.1) is 0 Å². The van der Waals surface area contributed by atoms with Gasteiger partial charge in [-0.15, -0.1) is 0 Å². The van der Waals surface area contributed by atoms with E-state index >= 15 is 0 Å². The Morgan fingerprint density at radius 3 is 2.47 bits per heavy atom. The van der Waals surface area contributed by atoms with Crippen molar-refractivity contribution in [3.05, 3.63) is 0 Å². The van der Waals surface area contributed by atoms with Crippen molar-refractivity contribution in [1.29, 1.82) is 0 Å². The summed E-state index contributed by atoms with van der Waals surface area (Å²) in [5, 5.41) is 6.17. The SMILES string of the molecule is CCCCNCCC(C)NC(=O)OC(C)(C)C. The number of rotatable bonds is 7. The van der Waals surface area contributed by atoms with E-state index in [9.17, 15) is 4.79 Å². The van der Waals surface area contributed by atoms with E-state index in [0.29, 0.717) is 0 Å². The molecule has 2 N–H and O–H groups in total. The number of alkyl carbamates (subject to hydrolysis) is 1. The van der Waals surface area contributed by atoms with Gasteiger partial charge in [-0.3, -0.25) is 0 Å². The molecule has 0 aromatic rings. The van der Waals surface area contributed by atoms with Crippen LogP contribution in [-0.2, 0) is 4.74 Å². The van der Waals surface area contributed by atoms with Crippen molar-refractivity contribution < 1.29 is 9.53 Å². The molecular weight excluding hydrogens is 216 g/mol. The molecule has 0 aliphatic carbocycles. The lowest BCUT2D eigenvalue weighted by Gasteiger charge is -2.22. The van der Waals surface area contributed by atoms with E-state index in [1.54, 1.807) is 0 Å². The maximum Gasteiger partial charge on any atom is 0.407 e. The summed E-state index contributed by atoms with van der Waals surface area (Å²) in [5.41, 5.74) is -0.427. The van der Waals surface area contributed by atoms with Crippen molar-refractivity contribution in [2.75, 3.05) is 13.1 Å². The standard InChI is InChI=1S/C13H28N2O2/c1-6-7-9-14-10-8-11(2)15-12(16)17-13(3,4)5/h11,14H,6-10H2,1-5H3,(H,15,16). The fourth-order valence-electron chi connectivity index (χ4n) is 1.33. The predicted octanol–water partition coefficient (Wildman–Crippen LogP) is 2.68. The summed E-state index contributed by atoms with van der Waals surface area (Å²) in [4.78, 5) is 11.5. The highest BCUT2D eigenvalue weighted by molar-refractivity contribution is 5.67. The van der Waals surface area contributed by atoms with Crippen molar-refractivity contribution in [2.45, 2.75) is 65.5 Å². The molecule has 0 rings (SSSR count). The molecule has 1 unspecified atom stereocenters. The molecule has 0 heterocycles. The molecule has 0 aromatic carbocycles. The zero-order valence-corrected chi connectivity index (χ0v) is 11.9. The Morgan fingerprint density at radius 1 is 1.29 bits per heavy atom. The minimum Gasteiger partial charge on any atom is -0.444 e. The number of hydrogen-bond acceptors (Lipinski definition) is 3. The van der Waals surface area contributed by atoms with Gasteiger partial charge in [-0.2, -0.15) is 0 Å². The summed E-state index contributed by atoms with van der Waals surface area (Å²) in [6, 6.07) is 0.138. The Hall–Kier alpha value is -0.770. The molecular formula is C13H28N2O2. The Labute approximate surface area is 105 Å². The van der Waals surface area contributed by atoms with Crippen molar-refractivity contribution >= 4 is 6.09 Å². The first kappa shape index (κ1) is 16.2. The number of carbonyl (C=O) groups is 1. The average Bonchev–Trinajstić information content (AvgIpc) is 2.14. The maximum absolute atomic E-state index is 11.5. The van der Waals surface area contributed by atoms with Gasteiger partial charge in [-0.05, 0) is 53.6 Å². The first-order valence-corrected chi connectivity index (χ1v) is 6.55. The largest absolute Gasteiger partial charge is 0.444 e. The molecule has 0 aromatic heterocycles. The van der Waals surface area contributed by atoms with Crippen molar-refractivity contribution in [1.82, 2.24) is 10.6 Å². The van der Waals surface area contributed by atoms with Gasteiger partial charge in [0.25, 0.3) is 0 Å². The van der Waals surface area contributed by atoms with E-state index < -0.39 is 5.60 Å². The highest BCUT2D eigenvalue weighted by atomic mass is 16.6. The molecule has 102 valence electrons. The minimum absolute atomic E-state index is 0.138. The third-order valence-corrected chi connectivity index (χ3v) is 2.22. The fourth-order valence-corrected chi connectivity index (χ4v) is 1.33. The van der Waals surface area contributed by atoms with Gasteiger partial charge in [-0.25, -0.2) is 4.79 Å². The number of amides is 1. The zero-order chi connectivity index (χ0) is 13.3. The van der Waals surface area contributed by atoms with Gasteiger partial charge < -0.3 is 15.4 Å². The summed E-state index contributed by atoms with van der Waals surface area (Å²) in [7, 11) is 0. The summed E-state index contributed by atoms with van der Waals surface area (Å²) in [6.45, 7) is 11.7. The van der Waals surface area contributed by atoms with Gasteiger partial charge in [0.1, 0.15) is 5.60 Å². The molecule has 0 fully saturated rings. The van der Waals surface area contributed by atoms with Gasteiger partial charge in [0.15, 0.2) is 0 Å². The number of unbranched alkanes of at least 4 members (excludes halogenated alkanes) is 1. The predicted molar refractivity (Wildman–Crippen MR) is 71.2 cm³/mol. The van der Waals surface area contributed by atoms with Crippen molar-refractivity contribution in [2.24, 2.45) is 0 Å². The minimum atomic E-state index is -0.427. The third kappa shape index (κ3) is 11.5. The van der Waals surface area contributed by atoms with Crippen LogP contribution >= 0.6 is 0 Å². The van der Waals surface area contributed by atoms with Gasteiger partial charge in [0, 0.05) is 6.04 Å². The number of hydrogen-bond donors (Lipinski definition) is 2. The van der Waals surface area contributed by atoms with Gasteiger partial charge in [-0.1, -0.05) is 13.3 Å². The second-order valence-corrected chi connectivity index (χ2v) is 5.44. The van der Waals surface area contributed by atoms with Gasteiger partial charge >= 0.3 is 6.09 Å². The van der Waals surface area contributed by atoms with E-state index in [1.807, 2.05) is 27.7 Å². The lowest BCUT2D eigenvalue weighted by atomic mass is 10.2. The van der Waals surface area contributed by atoms with Crippen LogP contribution in [0.15, 0.2) is 0 Å². The lowest BCUT2D eigenvalue weighted by molar-refractivity contribution is 0.0506. The van der Waals surface area contributed by atoms with Crippen LogP contribution in [0, 0.1) is 0 Å². The lowest BCUT2D eigenvalue weighted by Crippen LogP contribution is -2.39. The molecule has 1 atom stereocenters. The fraction of sp³-hybridized carbons (Fsp3) is 0.923. The topological polar surface area (TPSA) is 50.4 Å². The monoisotopic (exact) mass is 244 g/mol. The quantitative estimate of drug-likeness (QED) is 0.677. The van der Waals surface area contributed by atoms with Crippen LogP contribution in [0.5, 0.6) is 0 Å². The van der Waals surface area contributed by atoms with E-state index in [2.05, 4.69) is 17.6 Å². The van der Waals surface area contributed by atoms with E-state index in [-0.39, 0.29) is 12.1 Å². The molecule has 17 heavy (non-hydrogen) atoms. The Balaban J connectivity index is 3.57. The molecule has 0 bridgehead atoms. The van der Waals surface area contributed by atoms with E-state index in [0.717, 1.165) is 19.5 Å². The second kappa shape index (κ2) is 8.34. The summed E-state index contributed by atoms with van der Waals surface area (Å²) >= 11 is 0. The summed E-state index contributed by atoms with van der Waals surface area (Å²) < 4.78 is 5.18. The Kier molecular flexibility index (Phi) is 7.96. The van der Waals surface area contributed by atoms with Crippen molar-refractivity contribution in [3.63, 3.8) is 0 Å². The van der Waals surface area contributed by atoms with Crippen LogP contribution in [0.2, 0.25) is 0 Å². The molecule has 0 radical (unpaired) electrons. The highest BCUT2D eigenvalue weighted by Crippen LogP contribution is 2.06. The van der Waals surface area contributed by atoms with Crippen molar-refractivity contribution in [3.8, 4) is 0 Å². The number of ether oxygens (including phenoxy) is 1. The molecule has 4 nitrogen and oxygen atoms in total. The average molecular weight is 244 g/mol. The highest BCUT2D eigenvalue weighted by Gasteiger charge is 2.17. The number of carbonyl (C=O) groups excluding carboxylic acids is 1. The molecule has 1 amide bonds. The van der Waals surface area contributed by atoms with Crippen LogP contribution in [0.1, 0.15) is 53.9 Å². The first-order valence-electron chi connectivity index (χ1n) is 6.55. The number of nitrogens with one attached hydrogen (secondary N) is 2. The van der Waals surface area contributed by atoms with E-state index in [4.69, 9.17) is 4.74 Å². The molecule has 0 saturated carbocycles. The first-order chi connectivity index (χ1) is 7.85. The summed E-state index contributed by atoms with van der Waals surface area (Å²) in [5.74, 6) is 0. The normalized spacial score (nSPS) is 13.2. The van der Waals surface area contributed by atoms with Crippen LogP contribution in [0.3, 0.4) is 0 Å². The molecule has 0 aliphatic rings. The van der Waals surface area contributed by atoms with Crippen LogP contribution in [-0.4, -0.2) is 30.8 Å². The van der Waals surface area contributed by atoms with Gasteiger partial charge in [0.2, 0.25) is 0 Å². The maximum atomic E-state index is 11.5. The molecule has 4 heteroatoms. The molecule has 0 aliphatic heterocycles. The van der Waals surface area contributed by atoms with Crippen LogP contribution in [0.25, 0.3) is 0 Å². The molecule has 0 saturated heterocycles. The molecule has 0 spiro atoms. The van der Waals surface area contributed by atoms with E-state index in [1.165, 1.54) is 12.8 Å². The zero-order valence-electron chi connectivity index (χ0n) is 11.9. The second-order valence-electron chi connectivity index (χ2n) is 5.44. The summed E-state index contributed by atoms with van der Waals surface area (Å²) in [6.07, 6.45) is 2.99.